The second-order valence-corrected chi connectivity index (χ2v) is 4.56. The Labute approximate surface area is 110 Å². The van der Waals surface area contributed by atoms with E-state index in [1.165, 1.54) is 0 Å². The van der Waals surface area contributed by atoms with Crippen molar-refractivity contribution in [2.75, 3.05) is 0 Å². The number of fused-ring (bicyclic) bond motifs is 1. The SMILES string of the molecule is CC(N)Cc1cnc(-n2nnc3ccccc32)nc1. The summed E-state index contributed by atoms with van der Waals surface area (Å²) < 4.78 is 1.63. The summed E-state index contributed by atoms with van der Waals surface area (Å²) in [5.41, 5.74) is 8.48. The topological polar surface area (TPSA) is 82.5 Å². The van der Waals surface area contributed by atoms with Crippen molar-refractivity contribution in [2.24, 2.45) is 5.73 Å². The average Bonchev–Trinajstić information content (AvgIpc) is 2.83. The zero-order valence-corrected chi connectivity index (χ0v) is 10.6. The summed E-state index contributed by atoms with van der Waals surface area (Å²) in [6.45, 7) is 1.96. The van der Waals surface area contributed by atoms with E-state index in [-0.39, 0.29) is 6.04 Å². The van der Waals surface area contributed by atoms with Gasteiger partial charge < -0.3 is 5.73 Å². The smallest absolute Gasteiger partial charge is 0.252 e. The lowest BCUT2D eigenvalue weighted by Gasteiger charge is -2.05. The Hall–Kier alpha value is -2.34. The van der Waals surface area contributed by atoms with Crippen LogP contribution in [0.2, 0.25) is 0 Å². The summed E-state index contributed by atoms with van der Waals surface area (Å²) >= 11 is 0. The van der Waals surface area contributed by atoms with E-state index in [1.54, 1.807) is 17.1 Å². The predicted octanol–water partition coefficient (Wildman–Crippen LogP) is 1.10. The molecule has 0 saturated heterocycles. The third-order valence-corrected chi connectivity index (χ3v) is 2.79. The molecule has 0 aliphatic heterocycles. The molecule has 3 rings (SSSR count). The van der Waals surface area contributed by atoms with E-state index >= 15 is 0 Å². The van der Waals surface area contributed by atoms with Crippen LogP contribution in [0.1, 0.15) is 12.5 Å². The van der Waals surface area contributed by atoms with Crippen molar-refractivity contribution in [3.63, 3.8) is 0 Å². The third-order valence-electron chi connectivity index (χ3n) is 2.79. The van der Waals surface area contributed by atoms with Crippen molar-refractivity contribution < 1.29 is 0 Å². The first-order chi connectivity index (χ1) is 9.24. The van der Waals surface area contributed by atoms with Gasteiger partial charge in [-0.05, 0) is 31.0 Å². The van der Waals surface area contributed by atoms with Crippen LogP contribution in [0.3, 0.4) is 0 Å². The average molecular weight is 254 g/mol. The molecule has 1 atom stereocenters. The molecule has 0 spiro atoms. The summed E-state index contributed by atoms with van der Waals surface area (Å²) in [4.78, 5) is 8.64. The third kappa shape index (κ3) is 2.30. The number of benzene rings is 1. The molecule has 1 unspecified atom stereocenters. The minimum Gasteiger partial charge on any atom is -0.328 e. The van der Waals surface area contributed by atoms with Crippen LogP contribution in [-0.2, 0) is 6.42 Å². The Morgan fingerprint density at radius 3 is 2.68 bits per heavy atom. The van der Waals surface area contributed by atoms with Crippen LogP contribution in [-0.4, -0.2) is 31.0 Å². The lowest BCUT2D eigenvalue weighted by molar-refractivity contribution is 0.723. The number of nitrogens with zero attached hydrogens (tertiary/aromatic N) is 5. The van der Waals surface area contributed by atoms with E-state index in [4.69, 9.17) is 5.73 Å². The van der Waals surface area contributed by atoms with Crippen LogP contribution in [0.4, 0.5) is 0 Å². The molecule has 0 aliphatic rings. The zero-order chi connectivity index (χ0) is 13.2. The van der Waals surface area contributed by atoms with E-state index in [1.807, 2.05) is 31.2 Å². The van der Waals surface area contributed by atoms with Gasteiger partial charge in [0.1, 0.15) is 5.52 Å². The first-order valence-corrected chi connectivity index (χ1v) is 6.11. The molecule has 2 heterocycles. The van der Waals surface area contributed by atoms with Gasteiger partial charge in [0.2, 0.25) is 0 Å². The summed E-state index contributed by atoms with van der Waals surface area (Å²) in [7, 11) is 0. The van der Waals surface area contributed by atoms with Crippen molar-refractivity contribution in [3.8, 4) is 5.95 Å². The highest BCUT2D eigenvalue weighted by Gasteiger charge is 2.08. The molecule has 0 bridgehead atoms. The molecule has 2 N–H and O–H groups in total. The molecule has 3 aromatic rings. The Morgan fingerprint density at radius 2 is 1.95 bits per heavy atom. The monoisotopic (exact) mass is 254 g/mol. The molecule has 0 amide bonds. The first kappa shape index (κ1) is 11.7. The van der Waals surface area contributed by atoms with E-state index in [0.29, 0.717) is 5.95 Å². The van der Waals surface area contributed by atoms with E-state index < -0.39 is 0 Å². The molecule has 19 heavy (non-hydrogen) atoms. The number of hydrogen-bond donors (Lipinski definition) is 1. The summed E-state index contributed by atoms with van der Waals surface area (Å²) in [5.74, 6) is 0.516. The number of rotatable bonds is 3. The molecule has 6 nitrogen and oxygen atoms in total. The first-order valence-electron chi connectivity index (χ1n) is 6.11. The zero-order valence-electron chi connectivity index (χ0n) is 10.6. The van der Waals surface area contributed by atoms with Gasteiger partial charge in [-0.15, -0.1) is 5.10 Å². The molecule has 0 saturated carbocycles. The number of hydrogen-bond acceptors (Lipinski definition) is 5. The molecule has 1 aromatic carbocycles. The molecule has 96 valence electrons. The Kier molecular flexibility index (Phi) is 2.92. The standard InChI is InChI=1S/C13H14N6/c1-9(14)6-10-7-15-13(16-8-10)19-12-5-3-2-4-11(12)17-18-19/h2-5,7-9H,6,14H2,1H3. The predicted molar refractivity (Wildman–Crippen MR) is 71.8 cm³/mol. The highest BCUT2D eigenvalue weighted by Crippen LogP contribution is 2.12. The van der Waals surface area contributed by atoms with E-state index in [2.05, 4.69) is 20.3 Å². The van der Waals surface area contributed by atoms with Gasteiger partial charge in [0, 0.05) is 18.4 Å². The molecule has 2 aromatic heterocycles. The van der Waals surface area contributed by atoms with Gasteiger partial charge >= 0.3 is 0 Å². The molecule has 0 radical (unpaired) electrons. The maximum absolute atomic E-state index is 5.75. The molecular weight excluding hydrogens is 240 g/mol. The van der Waals surface area contributed by atoms with Crippen molar-refractivity contribution in [1.82, 2.24) is 25.0 Å². The van der Waals surface area contributed by atoms with E-state index in [9.17, 15) is 0 Å². The fourth-order valence-corrected chi connectivity index (χ4v) is 1.95. The second kappa shape index (κ2) is 4.74. The van der Waals surface area contributed by atoms with Crippen molar-refractivity contribution >= 4 is 11.0 Å². The minimum atomic E-state index is 0.0988. The number of nitrogens with two attached hydrogens (primary N) is 1. The second-order valence-electron chi connectivity index (χ2n) is 4.56. The fourth-order valence-electron chi connectivity index (χ4n) is 1.95. The van der Waals surface area contributed by atoms with Gasteiger partial charge in [-0.1, -0.05) is 17.3 Å². The highest BCUT2D eigenvalue weighted by atomic mass is 15.5. The van der Waals surface area contributed by atoms with Crippen LogP contribution >= 0.6 is 0 Å². The number of para-hydroxylation sites is 1. The van der Waals surface area contributed by atoms with Crippen LogP contribution in [0.5, 0.6) is 0 Å². The lowest BCUT2D eigenvalue weighted by atomic mass is 10.1. The number of aromatic nitrogens is 5. The summed E-state index contributed by atoms with van der Waals surface area (Å²) in [6.07, 6.45) is 4.32. The van der Waals surface area contributed by atoms with Crippen LogP contribution in [0, 0.1) is 0 Å². The quantitative estimate of drug-likeness (QED) is 0.756. The van der Waals surface area contributed by atoms with Crippen molar-refractivity contribution in [2.45, 2.75) is 19.4 Å². The van der Waals surface area contributed by atoms with Gasteiger partial charge in [-0.3, -0.25) is 0 Å². The summed E-state index contributed by atoms with van der Waals surface area (Å²) in [6, 6.07) is 7.81. The Morgan fingerprint density at radius 1 is 1.21 bits per heavy atom. The van der Waals surface area contributed by atoms with Gasteiger partial charge in [-0.2, -0.15) is 4.68 Å². The largest absolute Gasteiger partial charge is 0.328 e. The normalized spacial score (nSPS) is 12.7. The fraction of sp³-hybridized carbons (Fsp3) is 0.231. The maximum Gasteiger partial charge on any atom is 0.252 e. The molecule has 6 heteroatoms. The Bertz CT molecular complexity index is 686. The van der Waals surface area contributed by atoms with Gasteiger partial charge in [-0.25, -0.2) is 9.97 Å². The van der Waals surface area contributed by atoms with Crippen LogP contribution < -0.4 is 5.73 Å². The van der Waals surface area contributed by atoms with Crippen LogP contribution in [0.25, 0.3) is 17.0 Å². The van der Waals surface area contributed by atoms with Crippen molar-refractivity contribution in [1.29, 1.82) is 0 Å². The van der Waals surface area contributed by atoms with Crippen molar-refractivity contribution in [3.05, 3.63) is 42.2 Å². The van der Waals surface area contributed by atoms with Gasteiger partial charge in [0.05, 0.1) is 5.52 Å². The Balaban J connectivity index is 1.98. The lowest BCUT2D eigenvalue weighted by Crippen LogP contribution is -2.18. The molecule has 0 fully saturated rings. The molecular formula is C13H14N6. The summed E-state index contributed by atoms with van der Waals surface area (Å²) in [5, 5.41) is 8.15. The minimum absolute atomic E-state index is 0.0988. The molecule has 0 aliphatic carbocycles. The van der Waals surface area contributed by atoms with Crippen LogP contribution in [0.15, 0.2) is 36.7 Å². The highest BCUT2D eigenvalue weighted by molar-refractivity contribution is 5.75. The van der Waals surface area contributed by atoms with E-state index in [0.717, 1.165) is 23.0 Å². The van der Waals surface area contributed by atoms with Gasteiger partial charge in [0.15, 0.2) is 0 Å². The van der Waals surface area contributed by atoms with Gasteiger partial charge in [0.25, 0.3) is 5.95 Å². The maximum atomic E-state index is 5.75.